The molecule has 0 spiro atoms. The minimum absolute atomic E-state index is 0.0845. The van der Waals surface area contributed by atoms with E-state index in [4.69, 9.17) is 0 Å². The number of H-pyrrole nitrogens is 1. The highest BCUT2D eigenvalue weighted by molar-refractivity contribution is 5.85. The fourth-order valence-electron chi connectivity index (χ4n) is 4.19. The van der Waals surface area contributed by atoms with Gasteiger partial charge in [0, 0.05) is 19.0 Å². The summed E-state index contributed by atoms with van der Waals surface area (Å²) in [5.74, 6) is -6.92. The number of hydrogen-bond donors (Lipinski definition) is 2. The predicted molar refractivity (Wildman–Crippen MR) is 110 cm³/mol. The highest BCUT2D eigenvalue weighted by Gasteiger charge is 2.74. The van der Waals surface area contributed by atoms with Crippen LogP contribution < -0.4 is 5.56 Å². The zero-order valence-corrected chi connectivity index (χ0v) is 18.4. The van der Waals surface area contributed by atoms with E-state index in [1.165, 1.54) is 18.3 Å². The third-order valence-electron chi connectivity index (χ3n) is 5.80. The minimum Gasteiger partial charge on any atom is -0.480 e. The molecule has 1 fully saturated rings. The Bertz CT molecular complexity index is 1190. The van der Waals surface area contributed by atoms with Crippen LogP contribution in [0.15, 0.2) is 29.7 Å². The van der Waals surface area contributed by atoms with Crippen molar-refractivity contribution < 1.29 is 41.0 Å². The van der Waals surface area contributed by atoms with Gasteiger partial charge in [-0.3, -0.25) is 14.2 Å². The standard InChI is InChI=1S/C21H22F6N4O4/c1-3-4-13(17(33)34)31-6-5-12-15(16(31)32)29-14(28-12)8-30(7-11(2)22)18(35)19(21(25,26)27)9-20(23,24)10-19/h3,5-6,11,13H,1,4,7-10H2,2H3,(H,28,29)(H,33,34)/t11?,13-/m0/s1. The largest absolute Gasteiger partial charge is 0.480 e. The fourth-order valence-corrected chi connectivity index (χ4v) is 4.19. The van der Waals surface area contributed by atoms with Crippen molar-refractivity contribution in [2.45, 2.75) is 57.0 Å². The number of carbonyl (C=O) groups excluding carboxylic acids is 1. The third kappa shape index (κ3) is 4.91. The van der Waals surface area contributed by atoms with Crippen LogP contribution in [0.1, 0.15) is 38.1 Å². The number of aromatic amines is 1. The summed E-state index contributed by atoms with van der Waals surface area (Å²) in [4.78, 5) is 44.1. The van der Waals surface area contributed by atoms with Crippen LogP contribution in [0.3, 0.4) is 0 Å². The highest BCUT2D eigenvalue weighted by Crippen LogP contribution is 2.61. The lowest BCUT2D eigenvalue weighted by Crippen LogP contribution is -2.63. The Balaban J connectivity index is 1.98. The molecule has 35 heavy (non-hydrogen) atoms. The number of nitrogens with one attached hydrogen (secondary N) is 1. The molecule has 14 heteroatoms. The first-order chi connectivity index (χ1) is 16.1. The smallest absolute Gasteiger partial charge is 0.403 e. The van der Waals surface area contributed by atoms with Crippen LogP contribution in [-0.2, 0) is 16.1 Å². The molecule has 1 aliphatic rings. The number of carboxylic acid groups (broad SMARTS) is 1. The van der Waals surface area contributed by atoms with Crippen LogP contribution in [0.2, 0.25) is 0 Å². The molecule has 0 bridgehead atoms. The van der Waals surface area contributed by atoms with Gasteiger partial charge in [-0.15, -0.1) is 6.58 Å². The summed E-state index contributed by atoms with van der Waals surface area (Å²) in [6.07, 6.45) is -8.18. The second kappa shape index (κ2) is 9.04. The molecule has 3 rings (SSSR count). The maximum Gasteiger partial charge on any atom is 0.403 e. The normalized spacial score (nSPS) is 18.5. The molecule has 0 radical (unpaired) electrons. The van der Waals surface area contributed by atoms with Gasteiger partial charge >= 0.3 is 12.1 Å². The van der Waals surface area contributed by atoms with Gasteiger partial charge in [-0.25, -0.2) is 22.9 Å². The van der Waals surface area contributed by atoms with Crippen LogP contribution in [0.25, 0.3) is 11.0 Å². The number of allylic oxidation sites excluding steroid dienone is 1. The number of pyridine rings is 1. The van der Waals surface area contributed by atoms with Gasteiger partial charge in [0.1, 0.15) is 18.0 Å². The highest BCUT2D eigenvalue weighted by atomic mass is 19.4. The first kappa shape index (κ1) is 26.3. The molecule has 2 N–H and O–H groups in total. The Hall–Kier alpha value is -3.32. The molecule has 8 nitrogen and oxygen atoms in total. The number of carboxylic acids is 1. The van der Waals surface area contributed by atoms with Crippen molar-refractivity contribution in [2.24, 2.45) is 5.41 Å². The van der Waals surface area contributed by atoms with Crippen molar-refractivity contribution in [2.75, 3.05) is 6.54 Å². The maximum absolute atomic E-state index is 13.8. The molecule has 1 saturated carbocycles. The Kier molecular flexibility index (Phi) is 6.79. The van der Waals surface area contributed by atoms with Crippen LogP contribution in [0.4, 0.5) is 26.3 Å². The van der Waals surface area contributed by atoms with E-state index in [1.807, 2.05) is 0 Å². The van der Waals surface area contributed by atoms with E-state index in [2.05, 4.69) is 16.5 Å². The molecule has 1 unspecified atom stereocenters. The van der Waals surface area contributed by atoms with Crippen LogP contribution >= 0.6 is 0 Å². The fraction of sp³-hybridized carbons (Fsp3) is 0.524. The molecule has 0 saturated heterocycles. The molecule has 2 heterocycles. The topological polar surface area (TPSA) is 108 Å². The number of rotatable bonds is 9. The maximum atomic E-state index is 13.8. The van der Waals surface area contributed by atoms with Crippen molar-refractivity contribution in [3.8, 4) is 0 Å². The van der Waals surface area contributed by atoms with Gasteiger partial charge in [0.05, 0.1) is 18.6 Å². The predicted octanol–water partition coefficient (Wildman–Crippen LogP) is 3.59. The van der Waals surface area contributed by atoms with Crippen LogP contribution in [0.5, 0.6) is 0 Å². The van der Waals surface area contributed by atoms with Crippen molar-refractivity contribution in [3.63, 3.8) is 0 Å². The van der Waals surface area contributed by atoms with Gasteiger partial charge in [-0.2, -0.15) is 13.2 Å². The average molecular weight is 508 g/mol. The van der Waals surface area contributed by atoms with Gasteiger partial charge in [0.15, 0.2) is 10.9 Å². The van der Waals surface area contributed by atoms with Gasteiger partial charge < -0.3 is 15.0 Å². The molecule has 2 atom stereocenters. The summed E-state index contributed by atoms with van der Waals surface area (Å²) in [5, 5.41) is 9.37. The molecular formula is C21H22F6N4O4. The number of carbonyl (C=O) groups is 2. The molecule has 2 aromatic rings. The van der Waals surface area contributed by atoms with Crippen LogP contribution in [-0.4, -0.2) is 61.2 Å². The monoisotopic (exact) mass is 508 g/mol. The van der Waals surface area contributed by atoms with Crippen molar-refractivity contribution in [1.29, 1.82) is 0 Å². The molecule has 0 aromatic carbocycles. The second-order valence-corrected chi connectivity index (χ2v) is 8.61. The summed E-state index contributed by atoms with van der Waals surface area (Å²) < 4.78 is 82.5. The molecule has 1 amide bonds. The minimum atomic E-state index is -5.29. The summed E-state index contributed by atoms with van der Waals surface area (Å²) in [5.41, 5.74) is -4.37. The van der Waals surface area contributed by atoms with Crippen molar-refractivity contribution >= 4 is 22.9 Å². The van der Waals surface area contributed by atoms with E-state index < -0.39 is 73.1 Å². The Morgan fingerprint density at radius 1 is 1.37 bits per heavy atom. The molecule has 2 aromatic heterocycles. The molecule has 192 valence electrons. The Morgan fingerprint density at radius 2 is 2.00 bits per heavy atom. The third-order valence-corrected chi connectivity index (χ3v) is 5.80. The lowest BCUT2D eigenvalue weighted by molar-refractivity contribution is -0.299. The zero-order valence-electron chi connectivity index (χ0n) is 18.4. The number of amides is 1. The Labute approximate surface area is 194 Å². The molecule has 1 aliphatic carbocycles. The van der Waals surface area contributed by atoms with E-state index >= 15 is 0 Å². The lowest BCUT2D eigenvalue weighted by atomic mass is 9.64. The molecule has 0 aliphatic heterocycles. The van der Waals surface area contributed by atoms with E-state index in [0.29, 0.717) is 4.90 Å². The lowest BCUT2D eigenvalue weighted by Gasteiger charge is -2.48. The number of aromatic nitrogens is 3. The number of alkyl halides is 6. The number of aliphatic carboxylic acids is 1. The van der Waals surface area contributed by atoms with Crippen molar-refractivity contribution in [3.05, 3.63) is 41.1 Å². The van der Waals surface area contributed by atoms with Gasteiger partial charge in [-0.1, -0.05) is 6.08 Å². The number of hydrogen-bond acceptors (Lipinski definition) is 4. The van der Waals surface area contributed by atoms with Crippen molar-refractivity contribution in [1.82, 2.24) is 19.4 Å². The first-order valence-corrected chi connectivity index (χ1v) is 10.4. The SMILES string of the molecule is C=CC[C@@H](C(=O)O)n1ccc2[nH]c(CN(CC(C)F)C(=O)C3(C(F)(F)F)CC(F)(F)C3)nc2c1=O. The van der Waals surface area contributed by atoms with E-state index in [0.717, 1.165) is 11.5 Å². The summed E-state index contributed by atoms with van der Waals surface area (Å²) in [6, 6.07) is 0.0156. The quantitative estimate of drug-likeness (QED) is 0.398. The van der Waals surface area contributed by atoms with E-state index in [1.54, 1.807) is 0 Å². The van der Waals surface area contributed by atoms with Crippen LogP contribution in [0, 0.1) is 5.41 Å². The average Bonchev–Trinajstić information content (AvgIpc) is 3.12. The first-order valence-electron chi connectivity index (χ1n) is 10.4. The Morgan fingerprint density at radius 3 is 2.49 bits per heavy atom. The molecular weight excluding hydrogens is 486 g/mol. The van der Waals surface area contributed by atoms with E-state index in [9.17, 15) is 45.8 Å². The zero-order chi connectivity index (χ0) is 26.3. The number of fused-ring (bicyclic) bond motifs is 1. The summed E-state index contributed by atoms with van der Waals surface area (Å²) >= 11 is 0. The number of nitrogens with zero attached hydrogens (tertiary/aromatic N) is 3. The van der Waals surface area contributed by atoms with Gasteiger partial charge in [-0.05, 0) is 19.4 Å². The summed E-state index contributed by atoms with van der Waals surface area (Å²) in [7, 11) is 0. The second-order valence-electron chi connectivity index (χ2n) is 8.61. The summed E-state index contributed by atoms with van der Waals surface area (Å²) in [6.45, 7) is 2.87. The van der Waals surface area contributed by atoms with Gasteiger partial charge in [0.2, 0.25) is 5.91 Å². The number of imidazole rings is 1. The van der Waals surface area contributed by atoms with E-state index in [-0.39, 0.29) is 23.3 Å². The van der Waals surface area contributed by atoms with Gasteiger partial charge in [0.25, 0.3) is 11.5 Å². The number of halogens is 6.